The Morgan fingerprint density at radius 2 is 2.04 bits per heavy atom. The standard InChI is InChI=1S/C17H28N2O4/c1-4-17(7-9-22-10-8-17)12-19-15(20)18-11-16(3,21)14-6-5-13(2)23-14/h5-6,21H,4,7-12H2,1-3H3,(H2,18,19,20). The molecule has 130 valence electrons. The van der Waals surface area contributed by atoms with E-state index in [4.69, 9.17) is 9.15 Å². The van der Waals surface area contributed by atoms with Crippen LogP contribution in [-0.4, -0.2) is 37.4 Å². The highest BCUT2D eigenvalue weighted by atomic mass is 16.5. The number of urea groups is 1. The van der Waals surface area contributed by atoms with Crippen molar-refractivity contribution in [1.82, 2.24) is 10.6 Å². The Hall–Kier alpha value is -1.53. The molecule has 0 aliphatic carbocycles. The van der Waals surface area contributed by atoms with Gasteiger partial charge in [-0.1, -0.05) is 6.92 Å². The molecule has 1 saturated heterocycles. The third kappa shape index (κ3) is 4.72. The summed E-state index contributed by atoms with van der Waals surface area (Å²) in [5.74, 6) is 1.18. The molecule has 6 heteroatoms. The first kappa shape index (κ1) is 17.8. The average molecular weight is 324 g/mol. The van der Waals surface area contributed by atoms with Gasteiger partial charge in [0.1, 0.15) is 17.1 Å². The van der Waals surface area contributed by atoms with Crippen molar-refractivity contribution in [3.63, 3.8) is 0 Å². The van der Waals surface area contributed by atoms with Gasteiger partial charge in [0.15, 0.2) is 0 Å². The van der Waals surface area contributed by atoms with Crippen molar-refractivity contribution in [2.75, 3.05) is 26.3 Å². The van der Waals surface area contributed by atoms with Crippen molar-refractivity contribution in [3.05, 3.63) is 23.7 Å². The third-order valence-electron chi connectivity index (χ3n) is 4.79. The van der Waals surface area contributed by atoms with Gasteiger partial charge < -0.3 is 24.9 Å². The van der Waals surface area contributed by atoms with Crippen LogP contribution in [0.15, 0.2) is 16.5 Å². The maximum Gasteiger partial charge on any atom is 0.314 e. The lowest BCUT2D eigenvalue weighted by Crippen LogP contribution is -2.47. The third-order valence-corrected chi connectivity index (χ3v) is 4.79. The molecule has 2 amide bonds. The maximum absolute atomic E-state index is 12.0. The van der Waals surface area contributed by atoms with E-state index in [1.165, 1.54) is 0 Å². The molecular formula is C17H28N2O4. The number of hydrogen-bond acceptors (Lipinski definition) is 4. The van der Waals surface area contributed by atoms with Crippen molar-refractivity contribution in [2.24, 2.45) is 5.41 Å². The van der Waals surface area contributed by atoms with Gasteiger partial charge in [0.05, 0.1) is 6.54 Å². The Morgan fingerprint density at radius 3 is 2.61 bits per heavy atom. The Labute approximate surface area is 137 Å². The first-order valence-corrected chi connectivity index (χ1v) is 8.26. The second-order valence-electron chi connectivity index (χ2n) is 6.69. The van der Waals surface area contributed by atoms with E-state index in [0.29, 0.717) is 12.3 Å². The van der Waals surface area contributed by atoms with E-state index in [9.17, 15) is 9.90 Å². The van der Waals surface area contributed by atoms with Crippen LogP contribution in [0.2, 0.25) is 0 Å². The molecule has 6 nitrogen and oxygen atoms in total. The summed E-state index contributed by atoms with van der Waals surface area (Å²) < 4.78 is 10.8. The molecule has 0 bridgehead atoms. The van der Waals surface area contributed by atoms with Gasteiger partial charge in [-0.3, -0.25) is 0 Å². The molecule has 1 unspecified atom stereocenters. The Morgan fingerprint density at radius 1 is 1.35 bits per heavy atom. The molecule has 0 aromatic carbocycles. The second kappa shape index (κ2) is 7.36. The lowest BCUT2D eigenvalue weighted by atomic mass is 9.78. The number of aliphatic hydroxyl groups is 1. The predicted molar refractivity (Wildman–Crippen MR) is 87.2 cm³/mol. The van der Waals surface area contributed by atoms with Gasteiger partial charge in [-0.05, 0) is 50.7 Å². The first-order valence-electron chi connectivity index (χ1n) is 8.26. The lowest BCUT2D eigenvalue weighted by molar-refractivity contribution is 0.0136. The number of amides is 2. The van der Waals surface area contributed by atoms with Gasteiger partial charge in [-0.15, -0.1) is 0 Å². The number of hydrogen-bond donors (Lipinski definition) is 3. The average Bonchev–Trinajstić information content (AvgIpc) is 2.99. The quantitative estimate of drug-likeness (QED) is 0.750. The van der Waals surface area contributed by atoms with Crippen LogP contribution in [0.25, 0.3) is 0 Å². The van der Waals surface area contributed by atoms with Crippen molar-refractivity contribution in [2.45, 2.75) is 45.6 Å². The fourth-order valence-corrected chi connectivity index (χ4v) is 2.85. The molecule has 0 spiro atoms. The SMILES string of the molecule is CCC1(CNC(=O)NCC(C)(O)c2ccc(C)o2)CCOCC1. The van der Waals surface area contributed by atoms with Crippen LogP contribution >= 0.6 is 0 Å². The van der Waals surface area contributed by atoms with Crippen LogP contribution in [0.5, 0.6) is 0 Å². The summed E-state index contributed by atoms with van der Waals surface area (Å²) in [5.41, 5.74) is -1.11. The molecule has 23 heavy (non-hydrogen) atoms. The highest BCUT2D eigenvalue weighted by Gasteiger charge is 2.32. The second-order valence-corrected chi connectivity index (χ2v) is 6.69. The normalized spacial score (nSPS) is 19.8. The van der Waals surface area contributed by atoms with Gasteiger partial charge in [0.25, 0.3) is 0 Å². The van der Waals surface area contributed by atoms with Gasteiger partial charge in [0, 0.05) is 19.8 Å². The molecule has 2 rings (SSSR count). The summed E-state index contributed by atoms with van der Waals surface area (Å²) >= 11 is 0. The van der Waals surface area contributed by atoms with Gasteiger partial charge in [0.2, 0.25) is 0 Å². The maximum atomic E-state index is 12.0. The number of furan rings is 1. The molecule has 1 aliphatic heterocycles. The number of carbonyl (C=O) groups is 1. The number of carbonyl (C=O) groups excluding carboxylic acids is 1. The zero-order valence-electron chi connectivity index (χ0n) is 14.3. The summed E-state index contributed by atoms with van der Waals surface area (Å²) in [6.07, 6.45) is 2.94. The van der Waals surface area contributed by atoms with Crippen molar-refractivity contribution >= 4 is 6.03 Å². The van der Waals surface area contributed by atoms with Crippen molar-refractivity contribution in [1.29, 1.82) is 0 Å². The highest BCUT2D eigenvalue weighted by Crippen LogP contribution is 2.33. The Kier molecular flexibility index (Phi) is 5.70. The van der Waals surface area contributed by atoms with Gasteiger partial charge in [-0.2, -0.15) is 0 Å². The lowest BCUT2D eigenvalue weighted by Gasteiger charge is -2.36. The summed E-state index contributed by atoms with van der Waals surface area (Å²) in [7, 11) is 0. The van der Waals surface area contributed by atoms with E-state index in [2.05, 4.69) is 17.6 Å². The number of ether oxygens (including phenoxy) is 1. The van der Waals surface area contributed by atoms with Crippen molar-refractivity contribution < 1.29 is 19.1 Å². The van der Waals surface area contributed by atoms with Crippen LogP contribution in [0.1, 0.15) is 44.6 Å². The molecule has 0 saturated carbocycles. The van der Waals surface area contributed by atoms with E-state index < -0.39 is 5.60 Å². The van der Waals surface area contributed by atoms with Crippen LogP contribution in [0.3, 0.4) is 0 Å². The van der Waals surface area contributed by atoms with Crippen LogP contribution in [0, 0.1) is 12.3 Å². The molecule has 1 aromatic heterocycles. The van der Waals surface area contributed by atoms with E-state index >= 15 is 0 Å². The fraction of sp³-hybridized carbons (Fsp3) is 0.706. The topological polar surface area (TPSA) is 83.7 Å². The van der Waals surface area contributed by atoms with E-state index in [1.807, 2.05) is 6.92 Å². The minimum Gasteiger partial charge on any atom is -0.463 e. The summed E-state index contributed by atoms with van der Waals surface area (Å²) in [5, 5.41) is 16.1. The molecule has 3 N–H and O–H groups in total. The van der Waals surface area contributed by atoms with Crippen LogP contribution in [0.4, 0.5) is 4.79 Å². The molecule has 1 atom stereocenters. The summed E-state index contributed by atoms with van der Waals surface area (Å²) in [6, 6.07) is 3.25. The fourth-order valence-electron chi connectivity index (χ4n) is 2.85. The smallest absolute Gasteiger partial charge is 0.314 e. The molecule has 1 aliphatic rings. The number of rotatable bonds is 6. The molecular weight excluding hydrogens is 296 g/mol. The number of nitrogens with one attached hydrogen (secondary N) is 2. The van der Waals surface area contributed by atoms with Crippen molar-refractivity contribution in [3.8, 4) is 0 Å². The van der Waals surface area contributed by atoms with E-state index in [0.717, 1.165) is 38.2 Å². The van der Waals surface area contributed by atoms with Crippen LogP contribution in [-0.2, 0) is 10.3 Å². The minimum atomic E-state index is -1.23. The predicted octanol–water partition coefficient (Wildman–Crippen LogP) is 2.30. The molecule has 2 heterocycles. The molecule has 1 aromatic rings. The summed E-state index contributed by atoms with van der Waals surface area (Å²) in [4.78, 5) is 12.0. The van der Waals surface area contributed by atoms with E-state index in [-0.39, 0.29) is 18.0 Å². The largest absolute Gasteiger partial charge is 0.463 e. The van der Waals surface area contributed by atoms with Crippen LogP contribution < -0.4 is 10.6 Å². The van der Waals surface area contributed by atoms with E-state index in [1.54, 1.807) is 19.1 Å². The van der Waals surface area contributed by atoms with Gasteiger partial charge in [-0.25, -0.2) is 4.79 Å². The molecule has 0 radical (unpaired) electrons. The molecule has 1 fully saturated rings. The highest BCUT2D eigenvalue weighted by molar-refractivity contribution is 5.73. The first-order chi connectivity index (χ1) is 10.9. The zero-order chi connectivity index (χ0) is 16.9. The Balaban J connectivity index is 1.80. The summed E-state index contributed by atoms with van der Waals surface area (Å²) in [6.45, 7) is 7.81. The zero-order valence-corrected chi connectivity index (χ0v) is 14.3. The minimum absolute atomic E-state index is 0.0913. The number of aryl methyl sites for hydroxylation is 1. The Bertz CT molecular complexity index is 518. The monoisotopic (exact) mass is 324 g/mol. The van der Waals surface area contributed by atoms with Gasteiger partial charge >= 0.3 is 6.03 Å².